The monoisotopic (exact) mass is 266 g/mol. The lowest BCUT2D eigenvalue weighted by atomic mass is 10.4. The topological polar surface area (TPSA) is 76.1 Å². The van der Waals surface area contributed by atoms with Crippen LogP contribution in [0.15, 0.2) is 12.3 Å². The van der Waals surface area contributed by atoms with Crippen LogP contribution in [0.2, 0.25) is 0 Å². The number of carbonyl (C=O) groups excluding carboxylic acids is 1. The van der Waals surface area contributed by atoms with Crippen molar-refractivity contribution in [3.8, 4) is 5.88 Å². The molecule has 1 heterocycles. The average molecular weight is 266 g/mol. The van der Waals surface area contributed by atoms with Gasteiger partial charge in [-0.05, 0) is 20.3 Å². The Hall–Kier alpha value is -1.85. The summed E-state index contributed by atoms with van der Waals surface area (Å²) < 4.78 is 5.46. The largest absolute Gasteiger partial charge is 0.475 e. The van der Waals surface area contributed by atoms with Crippen LogP contribution in [0.5, 0.6) is 5.88 Å². The summed E-state index contributed by atoms with van der Waals surface area (Å²) in [6.45, 7) is 7.11. The highest BCUT2D eigenvalue weighted by molar-refractivity contribution is 5.76. The molecule has 0 bridgehead atoms. The molecule has 0 aromatic carbocycles. The number of rotatable bonds is 8. The molecule has 2 N–H and O–H groups in total. The molecule has 0 saturated heterocycles. The maximum Gasteiger partial charge on any atom is 0.225 e. The predicted octanol–water partition coefficient (Wildman–Crippen LogP) is 1.59. The van der Waals surface area contributed by atoms with Crippen LogP contribution in [0.25, 0.3) is 0 Å². The second-order valence-electron chi connectivity index (χ2n) is 4.41. The van der Waals surface area contributed by atoms with Gasteiger partial charge in [-0.1, -0.05) is 6.92 Å². The molecule has 1 aromatic rings. The van der Waals surface area contributed by atoms with Crippen LogP contribution in [-0.4, -0.2) is 35.1 Å². The summed E-state index contributed by atoms with van der Waals surface area (Å²) >= 11 is 0. The van der Waals surface area contributed by atoms with E-state index in [-0.39, 0.29) is 12.0 Å². The van der Waals surface area contributed by atoms with Crippen LogP contribution in [0, 0.1) is 0 Å². The lowest BCUT2D eigenvalue weighted by Gasteiger charge is -2.10. The number of hydrogen-bond acceptors (Lipinski definition) is 5. The van der Waals surface area contributed by atoms with Gasteiger partial charge in [0, 0.05) is 31.8 Å². The molecule has 6 nitrogen and oxygen atoms in total. The number of hydrogen-bond donors (Lipinski definition) is 2. The van der Waals surface area contributed by atoms with Crippen LogP contribution in [-0.2, 0) is 4.79 Å². The molecule has 0 atom stereocenters. The van der Waals surface area contributed by atoms with Crippen molar-refractivity contribution in [3.05, 3.63) is 12.3 Å². The molecule has 19 heavy (non-hydrogen) atoms. The Labute approximate surface area is 114 Å². The normalized spacial score (nSPS) is 10.3. The van der Waals surface area contributed by atoms with Crippen molar-refractivity contribution in [2.24, 2.45) is 0 Å². The first-order valence-corrected chi connectivity index (χ1v) is 6.62. The van der Waals surface area contributed by atoms with Gasteiger partial charge in [-0.2, -0.15) is 4.98 Å². The highest BCUT2D eigenvalue weighted by Gasteiger charge is 2.03. The van der Waals surface area contributed by atoms with E-state index in [4.69, 9.17) is 4.74 Å². The summed E-state index contributed by atoms with van der Waals surface area (Å²) in [4.78, 5) is 19.7. The van der Waals surface area contributed by atoms with E-state index in [9.17, 15) is 4.79 Å². The van der Waals surface area contributed by atoms with Gasteiger partial charge >= 0.3 is 0 Å². The Morgan fingerprint density at radius 2 is 2.21 bits per heavy atom. The molecule has 1 aromatic heterocycles. The second kappa shape index (κ2) is 8.29. The van der Waals surface area contributed by atoms with Gasteiger partial charge in [0.2, 0.25) is 17.7 Å². The van der Waals surface area contributed by atoms with E-state index in [1.54, 1.807) is 12.3 Å². The molecule has 106 valence electrons. The first-order chi connectivity index (χ1) is 9.11. The van der Waals surface area contributed by atoms with E-state index in [2.05, 4.69) is 20.6 Å². The minimum absolute atomic E-state index is 0.0314. The highest BCUT2D eigenvalue weighted by Crippen LogP contribution is 2.09. The molecule has 0 aliphatic rings. The van der Waals surface area contributed by atoms with Crippen molar-refractivity contribution in [2.45, 2.75) is 39.7 Å². The first kappa shape index (κ1) is 15.2. The molecule has 1 rings (SSSR count). The van der Waals surface area contributed by atoms with Crippen molar-refractivity contribution in [1.29, 1.82) is 0 Å². The van der Waals surface area contributed by atoms with Crippen molar-refractivity contribution in [2.75, 3.05) is 18.4 Å². The number of ether oxygens (including phenoxy) is 1. The quantitative estimate of drug-likeness (QED) is 0.747. The van der Waals surface area contributed by atoms with Crippen molar-refractivity contribution < 1.29 is 9.53 Å². The number of nitrogens with one attached hydrogen (secondary N) is 2. The summed E-state index contributed by atoms with van der Waals surface area (Å²) in [7, 11) is 0. The van der Waals surface area contributed by atoms with Crippen molar-refractivity contribution >= 4 is 11.9 Å². The summed E-state index contributed by atoms with van der Waals surface area (Å²) in [6, 6.07) is 1.71. The molecule has 0 aliphatic heterocycles. The molecular formula is C13H22N4O2. The molecular weight excluding hydrogens is 244 g/mol. The van der Waals surface area contributed by atoms with Gasteiger partial charge < -0.3 is 15.4 Å². The zero-order valence-electron chi connectivity index (χ0n) is 11.8. The van der Waals surface area contributed by atoms with Crippen molar-refractivity contribution in [1.82, 2.24) is 15.3 Å². The SMILES string of the molecule is CCCNC(=O)CCNc1nccc(OC(C)C)n1. The lowest BCUT2D eigenvalue weighted by Crippen LogP contribution is -2.26. The van der Waals surface area contributed by atoms with Gasteiger partial charge in [0.15, 0.2) is 0 Å². The third-order valence-corrected chi connectivity index (χ3v) is 2.19. The number of amides is 1. The Balaban J connectivity index is 2.34. The molecule has 0 spiro atoms. The van der Waals surface area contributed by atoms with Crippen LogP contribution in [0.4, 0.5) is 5.95 Å². The number of aromatic nitrogens is 2. The van der Waals surface area contributed by atoms with E-state index in [0.29, 0.717) is 31.3 Å². The van der Waals surface area contributed by atoms with Crippen molar-refractivity contribution in [3.63, 3.8) is 0 Å². The van der Waals surface area contributed by atoms with E-state index in [0.717, 1.165) is 6.42 Å². The molecule has 6 heteroatoms. The fourth-order valence-electron chi connectivity index (χ4n) is 1.38. The van der Waals surface area contributed by atoms with Gasteiger partial charge in [-0.15, -0.1) is 0 Å². The smallest absolute Gasteiger partial charge is 0.225 e. The molecule has 1 amide bonds. The highest BCUT2D eigenvalue weighted by atomic mass is 16.5. The van der Waals surface area contributed by atoms with Crippen LogP contribution < -0.4 is 15.4 Å². The van der Waals surface area contributed by atoms with E-state index in [1.165, 1.54) is 0 Å². The lowest BCUT2D eigenvalue weighted by molar-refractivity contribution is -0.120. The van der Waals surface area contributed by atoms with E-state index < -0.39 is 0 Å². The second-order valence-corrected chi connectivity index (χ2v) is 4.41. The number of carbonyl (C=O) groups is 1. The average Bonchev–Trinajstić information content (AvgIpc) is 2.36. The summed E-state index contributed by atoms with van der Waals surface area (Å²) in [5.41, 5.74) is 0. The van der Waals surface area contributed by atoms with Crippen LogP contribution in [0.3, 0.4) is 0 Å². The van der Waals surface area contributed by atoms with Gasteiger partial charge in [-0.25, -0.2) is 4.98 Å². The first-order valence-electron chi connectivity index (χ1n) is 6.62. The van der Waals surface area contributed by atoms with E-state index >= 15 is 0 Å². The standard InChI is InChI=1S/C13H22N4O2/c1-4-7-14-11(18)5-8-15-13-16-9-6-12(17-13)19-10(2)3/h6,9-10H,4-5,7-8H2,1-3H3,(H,14,18)(H,15,16,17). The summed E-state index contributed by atoms with van der Waals surface area (Å²) in [6.07, 6.45) is 3.04. The van der Waals surface area contributed by atoms with E-state index in [1.807, 2.05) is 20.8 Å². The van der Waals surface area contributed by atoms with Gasteiger partial charge in [0.05, 0.1) is 6.10 Å². The minimum atomic E-state index is 0.0314. The molecule has 0 saturated carbocycles. The number of nitrogens with zero attached hydrogens (tertiary/aromatic N) is 2. The molecule has 0 aliphatic carbocycles. The molecule has 0 radical (unpaired) electrons. The Morgan fingerprint density at radius 1 is 1.42 bits per heavy atom. The molecule has 0 fully saturated rings. The maximum atomic E-state index is 11.4. The third-order valence-electron chi connectivity index (χ3n) is 2.19. The van der Waals surface area contributed by atoms with Gasteiger partial charge in [0.25, 0.3) is 0 Å². The zero-order chi connectivity index (χ0) is 14.1. The molecule has 0 unspecified atom stereocenters. The Kier molecular flexibility index (Phi) is 6.63. The fraction of sp³-hybridized carbons (Fsp3) is 0.615. The minimum Gasteiger partial charge on any atom is -0.475 e. The van der Waals surface area contributed by atoms with Crippen LogP contribution >= 0.6 is 0 Å². The summed E-state index contributed by atoms with van der Waals surface area (Å²) in [5.74, 6) is 1.04. The Bertz CT molecular complexity index is 396. The summed E-state index contributed by atoms with van der Waals surface area (Å²) in [5, 5.41) is 5.81. The Morgan fingerprint density at radius 3 is 2.89 bits per heavy atom. The van der Waals surface area contributed by atoms with Gasteiger partial charge in [0.1, 0.15) is 0 Å². The maximum absolute atomic E-state index is 11.4. The third kappa shape index (κ3) is 6.59. The predicted molar refractivity (Wildman–Crippen MR) is 74.2 cm³/mol. The van der Waals surface area contributed by atoms with Crippen LogP contribution in [0.1, 0.15) is 33.6 Å². The number of anilines is 1. The fourth-order valence-corrected chi connectivity index (χ4v) is 1.38. The zero-order valence-corrected chi connectivity index (χ0v) is 11.8. The van der Waals surface area contributed by atoms with Gasteiger partial charge in [-0.3, -0.25) is 4.79 Å².